The van der Waals surface area contributed by atoms with Gasteiger partial charge in [0.25, 0.3) is 0 Å². The largest absolute Gasteiger partial charge is 0.397 e. The molecule has 0 fully saturated rings. The second-order valence-electron chi connectivity index (χ2n) is 3.59. The zero-order valence-corrected chi connectivity index (χ0v) is 10.6. The van der Waals surface area contributed by atoms with E-state index in [0.29, 0.717) is 0 Å². The number of rotatable bonds is 8. The molecule has 0 saturated carbocycles. The Morgan fingerprint density at radius 1 is 1.42 bits per heavy atom. The van der Waals surface area contributed by atoms with Crippen LogP contribution in [0.4, 0.5) is 0 Å². The summed E-state index contributed by atoms with van der Waals surface area (Å²) in [6.45, 7) is 0.0211. The van der Waals surface area contributed by atoms with E-state index in [2.05, 4.69) is 4.18 Å². The summed E-state index contributed by atoms with van der Waals surface area (Å²) >= 11 is 0. The molecule has 112 valence electrons. The molecule has 0 aliphatic heterocycles. The quantitative estimate of drug-likeness (QED) is 0.226. The molecule has 19 heavy (non-hydrogen) atoms. The highest BCUT2D eigenvalue weighted by molar-refractivity contribution is 7.80. The zero-order valence-electron chi connectivity index (χ0n) is 9.83. The highest BCUT2D eigenvalue weighted by Crippen LogP contribution is 2.11. The summed E-state index contributed by atoms with van der Waals surface area (Å²) in [5, 5.41) is 29.6. The van der Waals surface area contributed by atoms with Crippen molar-refractivity contribution in [2.24, 2.45) is 0 Å². The summed E-state index contributed by atoms with van der Waals surface area (Å²) in [7, 11) is -5.05. The maximum atomic E-state index is 10.8. The lowest BCUT2D eigenvalue weighted by atomic mass is 10.0. The summed E-state index contributed by atoms with van der Waals surface area (Å²) < 4.78 is 33.6. The minimum absolute atomic E-state index is 0.0799. The van der Waals surface area contributed by atoms with Gasteiger partial charge in [-0.1, -0.05) is 0 Å². The van der Waals surface area contributed by atoms with Crippen LogP contribution in [0.5, 0.6) is 0 Å². The molecule has 1 amide bonds. The van der Waals surface area contributed by atoms with Gasteiger partial charge in [-0.3, -0.25) is 9.35 Å². The Kier molecular flexibility index (Phi) is 7.04. The monoisotopic (exact) mass is 301 g/mol. The molecule has 0 aromatic heterocycles. The third-order valence-electron chi connectivity index (χ3n) is 2.02. The van der Waals surface area contributed by atoms with Gasteiger partial charge in [0.1, 0.15) is 30.6 Å². The molecule has 0 bridgehead atoms. The Balaban J connectivity index is 5.11. The van der Waals surface area contributed by atoms with Crippen LogP contribution in [0.25, 0.3) is 0 Å². The van der Waals surface area contributed by atoms with Gasteiger partial charge in [-0.05, 0) is 0 Å². The number of aliphatic hydroxyl groups excluding tert-OH is 3. The average Bonchev–Trinajstić information content (AvgIpc) is 2.29. The van der Waals surface area contributed by atoms with E-state index in [-0.39, 0.29) is 6.29 Å². The number of nitrogens with one attached hydrogen (secondary N) is 1. The summed E-state index contributed by atoms with van der Waals surface area (Å²) in [4.78, 5) is 21.4. The van der Waals surface area contributed by atoms with Crippen LogP contribution >= 0.6 is 0 Å². The summed E-state index contributed by atoms with van der Waals surface area (Å²) in [6, 6.07) is -1.59. The predicted octanol–water partition coefficient (Wildman–Crippen LogP) is -3.41. The molecule has 0 aromatic rings. The van der Waals surface area contributed by atoms with Crippen LogP contribution in [-0.4, -0.2) is 71.4 Å². The number of hydrogen-bond donors (Lipinski definition) is 5. The number of carbonyl (C=O) groups is 2. The first-order valence-electron chi connectivity index (χ1n) is 4.97. The molecule has 0 spiro atoms. The van der Waals surface area contributed by atoms with Gasteiger partial charge < -0.3 is 25.4 Å². The SMILES string of the molecule is CC(=O)N[C@@H](C=O)[C@@H](O)[C@@H](OS(=O)(=O)O)[C@H](O)CO. The summed E-state index contributed by atoms with van der Waals surface area (Å²) in [6.07, 6.45) is -5.88. The van der Waals surface area contributed by atoms with Gasteiger partial charge in [0.05, 0.1) is 6.61 Å². The average molecular weight is 301 g/mol. The van der Waals surface area contributed by atoms with E-state index in [1.165, 1.54) is 0 Å². The number of aliphatic hydroxyl groups is 3. The van der Waals surface area contributed by atoms with E-state index < -0.39 is 47.3 Å². The maximum absolute atomic E-state index is 10.8. The molecule has 5 N–H and O–H groups in total. The molecule has 0 aliphatic rings. The van der Waals surface area contributed by atoms with Gasteiger partial charge in [0.2, 0.25) is 5.91 Å². The van der Waals surface area contributed by atoms with Crippen molar-refractivity contribution in [3.8, 4) is 0 Å². The van der Waals surface area contributed by atoms with E-state index in [9.17, 15) is 28.2 Å². The standard InChI is InChI=1S/C8H15NO9S/c1-4(12)9-5(2-10)7(14)8(6(13)3-11)18-19(15,16)17/h2,5-8,11,13-14H,3H2,1H3,(H,9,12)(H,15,16,17)/t5-,6+,7+,8-/m0/s1. The fourth-order valence-electron chi connectivity index (χ4n) is 1.23. The fraction of sp³-hybridized carbons (Fsp3) is 0.750. The molecule has 0 unspecified atom stereocenters. The third kappa shape index (κ3) is 6.56. The minimum atomic E-state index is -5.05. The lowest BCUT2D eigenvalue weighted by molar-refractivity contribution is -0.128. The van der Waals surface area contributed by atoms with Crippen molar-refractivity contribution in [2.75, 3.05) is 6.61 Å². The van der Waals surface area contributed by atoms with Crippen molar-refractivity contribution in [3.63, 3.8) is 0 Å². The highest BCUT2D eigenvalue weighted by atomic mass is 32.3. The topological polar surface area (TPSA) is 170 Å². The Hall–Kier alpha value is -1.11. The number of amides is 1. The van der Waals surface area contributed by atoms with Crippen molar-refractivity contribution in [1.29, 1.82) is 0 Å². The van der Waals surface area contributed by atoms with E-state index in [4.69, 9.17) is 9.66 Å². The predicted molar refractivity (Wildman–Crippen MR) is 59.2 cm³/mol. The second-order valence-corrected chi connectivity index (χ2v) is 4.64. The molecule has 0 rings (SSSR count). The lowest BCUT2D eigenvalue weighted by Gasteiger charge is -2.28. The molecule has 10 nitrogen and oxygen atoms in total. The number of aldehydes is 1. The molecule has 0 radical (unpaired) electrons. The second kappa shape index (κ2) is 7.47. The summed E-state index contributed by atoms with van der Waals surface area (Å²) in [5.41, 5.74) is 0. The Morgan fingerprint density at radius 2 is 1.95 bits per heavy atom. The molecule has 4 atom stereocenters. The summed E-state index contributed by atoms with van der Waals surface area (Å²) in [5.74, 6) is -0.708. The van der Waals surface area contributed by atoms with E-state index in [0.717, 1.165) is 6.92 Å². The molecule has 11 heteroatoms. The lowest BCUT2D eigenvalue weighted by Crippen LogP contribution is -2.54. The van der Waals surface area contributed by atoms with Crippen molar-refractivity contribution in [3.05, 3.63) is 0 Å². The van der Waals surface area contributed by atoms with Crippen LogP contribution in [0.1, 0.15) is 6.92 Å². The molecule has 0 saturated heterocycles. The van der Waals surface area contributed by atoms with Crippen molar-refractivity contribution in [2.45, 2.75) is 31.3 Å². The van der Waals surface area contributed by atoms with Crippen LogP contribution in [0, 0.1) is 0 Å². The van der Waals surface area contributed by atoms with Crippen LogP contribution in [0.2, 0.25) is 0 Å². The van der Waals surface area contributed by atoms with E-state index in [1.807, 2.05) is 5.32 Å². The smallest absolute Gasteiger partial charge is 0.394 e. The van der Waals surface area contributed by atoms with Crippen molar-refractivity contribution in [1.82, 2.24) is 5.32 Å². The molecular formula is C8H15NO9S. The van der Waals surface area contributed by atoms with Crippen molar-refractivity contribution < 1.29 is 42.1 Å². The van der Waals surface area contributed by atoms with Crippen LogP contribution in [0.15, 0.2) is 0 Å². The molecule has 0 aliphatic carbocycles. The first kappa shape index (κ1) is 17.9. The van der Waals surface area contributed by atoms with Crippen LogP contribution in [-0.2, 0) is 24.2 Å². The minimum Gasteiger partial charge on any atom is -0.394 e. The van der Waals surface area contributed by atoms with Gasteiger partial charge in [-0.15, -0.1) is 0 Å². The van der Waals surface area contributed by atoms with Gasteiger partial charge in [0.15, 0.2) is 0 Å². The first-order valence-corrected chi connectivity index (χ1v) is 6.34. The van der Waals surface area contributed by atoms with Crippen LogP contribution in [0.3, 0.4) is 0 Å². The fourth-order valence-corrected chi connectivity index (χ4v) is 1.75. The highest BCUT2D eigenvalue weighted by Gasteiger charge is 2.37. The molecule has 0 heterocycles. The third-order valence-corrected chi connectivity index (χ3v) is 2.49. The normalized spacial score (nSPS) is 18.2. The van der Waals surface area contributed by atoms with Gasteiger partial charge in [0, 0.05) is 6.92 Å². The molecule has 0 aromatic carbocycles. The number of hydrogen-bond acceptors (Lipinski definition) is 8. The van der Waals surface area contributed by atoms with Crippen molar-refractivity contribution >= 4 is 22.6 Å². The zero-order chi connectivity index (χ0) is 15.2. The first-order chi connectivity index (χ1) is 8.62. The van der Waals surface area contributed by atoms with E-state index in [1.54, 1.807) is 0 Å². The maximum Gasteiger partial charge on any atom is 0.397 e. The van der Waals surface area contributed by atoms with Gasteiger partial charge in [-0.25, -0.2) is 4.18 Å². The Bertz CT molecular complexity index is 408. The Labute approximate surface area is 109 Å². The van der Waals surface area contributed by atoms with Gasteiger partial charge >= 0.3 is 10.4 Å². The van der Waals surface area contributed by atoms with Crippen LogP contribution < -0.4 is 5.32 Å². The van der Waals surface area contributed by atoms with Gasteiger partial charge in [-0.2, -0.15) is 8.42 Å². The Morgan fingerprint density at radius 3 is 2.26 bits per heavy atom. The number of carbonyl (C=O) groups excluding carboxylic acids is 2. The van der Waals surface area contributed by atoms with E-state index >= 15 is 0 Å². The molecular weight excluding hydrogens is 286 g/mol.